The van der Waals surface area contributed by atoms with Crippen molar-refractivity contribution in [3.63, 3.8) is 0 Å². The molecule has 0 aliphatic carbocycles. The van der Waals surface area contributed by atoms with Crippen LogP contribution in [0.2, 0.25) is 0 Å². The van der Waals surface area contributed by atoms with Gasteiger partial charge in [0.1, 0.15) is 4.60 Å². The van der Waals surface area contributed by atoms with Crippen LogP contribution in [-0.4, -0.2) is 4.98 Å². The van der Waals surface area contributed by atoms with Gasteiger partial charge in [-0.1, -0.05) is 0 Å². The Morgan fingerprint density at radius 2 is 2.10 bits per heavy atom. The van der Waals surface area contributed by atoms with Gasteiger partial charge in [0.25, 0.3) is 0 Å². The van der Waals surface area contributed by atoms with E-state index < -0.39 is 0 Å². The second kappa shape index (κ2) is 2.96. The summed E-state index contributed by atoms with van der Waals surface area (Å²) in [5.74, 6) is -0.311. The van der Waals surface area contributed by atoms with E-state index in [4.69, 9.17) is 0 Å². The molecule has 0 fully saturated rings. The predicted octanol–water partition coefficient (Wildman–Crippen LogP) is 3.05. The standard InChI is InChI=1S/C6H4Br2FN/c1-3-4(7)2-10-6(8)5(3)9/h2H,1H3. The lowest BCUT2D eigenvalue weighted by atomic mass is 10.3. The average molecular weight is 269 g/mol. The molecule has 4 heteroatoms. The largest absolute Gasteiger partial charge is 0.245 e. The Kier molecular flexibility index (Phi) is 2.41. The SMILES string of the molecule is Cc1c(Br)cnc(Br)c1F. The van der Waals surface area contributed by atoms with Gasteiger partial charge in [0.05, 0.1) is 0 Å². The Hall–Kier alpha value is 0.0400. The fourth-order valence-corrected chi connectivity index (χ4v) is 1.20. The average Bonchev–Trinajstić information content (AvgIpc) is 1.93. The molecule has 1 aromatic heterocycles. The van der Waals surface area contributed by atoms with Crippen molar-refractivity contribution in [2.45, 2.75) is 6.92 Å². The maximum Gasteiger partial charge on any atom is 0.159 e. The Labute approximate surface area is 74.9 Å². The molecule has 0 aromatic carbocycles. The van der Waals surface area contributed by atoms with E-state index in [0.717, 1.165) is 0 Å². The zero-order chi connectivity index (χ0) is 7.72. The number of aromatic nitrogens is 1. The highest BCUT2D eigenvalue weighted by molar-refractivity contribution is 9.11. The summed E-state index contributed by atoms with van der Waals surface area (Å²) in [7, 11) is 0. The van der Waals surface area contributed by atoms with E-state index in [1.165, 1.54) is 0 Å². The fourth-order valence-electron chi connectivity index (χ4n) is 0.526. The van der Waals surface area contributed by atoms with Gasteiger partial charge in [-0.15, -0.1) is 0 Å². The third kappa shape index (κ3) is 1.37. The third-order valence-corrected chi connectivity index (χ3v) is 2.51. The van der Waals surface area contributed by atoms with Crippen molar-refractivity contribution in [1.82, 2.24) is 4.98 Å². The van der Waals surface area contributed by atoms with Crippen LogP contribution in [-0.2, 0) is 0 Å². The molecule has 0 N–H and O–H groups in total. The van der Waals surface area contributed by atoms with E-state index >= 15 is 0 Å². The van der Waals surface area contributed by atoms with Gasteiger partial charge in [0.2, 0.25) is 0 Å². The Morgan fingerprint density at radius 1 is 1.50 bits per heavy atom. The van der Waals surface area contributed by atoms with E-state index in [-0.39, 0.29) is 10.4 Å². The lowest BCUT2D eigenvalue weighted by Crippen LogP contribution is -1.88. The molecule has 0 amide bonds. The highest BCUT2D eigenvalue weighted by Crippen LogP contribution is 2.22. The molecule has 1 rings (SSSR count). The fraction of sp³-hybridized carbons (Fsp3) is 0.167. The summed E-state index contributed by atoms with van der Waals surface area (Å²) in [6.45, 7) is 1.69. The topological polar surface area (TPSA) is 12.9 Å². The number of hydrogen-bond acceptors (Lipinski definition) is 1. The zero-order valence-corrected chi connectivity index (χ0v) is 8.33. The first-order chi connectivity index (χ1) is 4.63. The maximum absolute atomic E-state index is 12.9. The van der Waals surface area contributed by atoms with Gasteiger partial charge in [-0.2, -0.15) is 0 Å². The Bertz CT molecular complexity index is 235. The summed E-state index contributed by atoms with van der Waals surface area (Å²) >= 11 is 6.13. The van der Waals surface area contributed by atoms with E-state index in [0.29, 0.717) is 10.0 Å². The van der Waals surface area contributed by atoms with Crippen LogP contribution in [0.15, 0.2) is 15.3 Å². The van der Waals surface area contributed by atoms with Gasteiger partial charge in [0.15, 0.2) is 5.82 Å². The van der Waals surface area contributed by atoms with Crippen LogP contribution in [0, 0.1) is 12.7 Å². The van der Waals surface area contributed by atoms with Crippen LogP contribution in [0.5, 0.6) is 0 Å². The molecular formula is C6H4Br2FN. The molecule has 54 valence electrons. The molecule has 0 aliphatic heterocycles. The van der Waals surface area contributed by atoms with E-state index in [9.17, 15) is 4.39 Å². The molecule has 0 bridgehead atoms. The highest BCUT2D eigenvalue weighted by Gasteiger charge is 2.05. The van der Waals surface area contributed by atoms with Gasteiger partial charge < -0.3 is 0 Å². The van der Waals surface area contributed by atoms with Gasteiger partial charge in [-0.25, -0.2) is 9.37 Å². The minimum absolute atomic E-state index is 0.258. The first-order valence-corrected chi connectivity index (χ1v) is 4.17. The summed E-state index contributed by atoms with van der Waals surface area (Å²) < 4.78 is 13.8. The molecule has 10 heavy (non-hydrogen) atoms. The van der Waals surface area contributed by atoms with Crippen molar-refractivity contribution < 1.29 is 4.39 Å². The van der Waals surface area contributed by atoms with Crippen LogP contribution in [0.4, 0.5) is 4.39 Å². The van der Waals surface area contributed by atoms with Gasteiger partial charge >= 0.3 is 0 Å². The van der Waals surface area contributed by atoms with Crippen LogP contribution in [0.1, 0.15) is 5.56 Å². The third-order valence-electron chi connectivity index (χ3n) is 1.16. The number of rotatable bonds is 0. The van der Waals surface area contributed by atoms with Crippen molar-refractivity contribution in [2.24, 2.45) is 0 Å². The number of hydrogen-bond donors (Lipinski definition) is 0. The van der Waals surface area contributed by atoms with Crippen LogP contribution in [0.3, 0.4) is 0 Å². The quantitative estimate of drug-likeness (QED) is 0.659. The molecule has 0 saturated carbocycles. The Balaban J connectivity index is 3.34. The molecule has 0 saturated heterocycles. The van der Waals surface area contributed by atoms with Crippen LogP contribution < -0.4 is 0 Å². The molecular weight excluding hydrogens is 265 g/mol. The zero-order valence-electron chi connectivity index (χ0n) is 5.16. The number of halogens is 3. The minimum Gasteiger partial charge on any atom is -0.245 e. The first kappa shape index (κ1) is 8.14. The molecule has 1 aromatic rings. The second-order valence-electron chi connectivity index (χ2n) is 1.84. The molecule has 0 spiro atoms. The second-order valence-corrected chi connectivity index (χ2v) is 3.44. The van der Waals surface area contributed by atoms with E-state index in [1.54, 1.807) is 13.1 Å². The van der Waals surface area contributed by atoms with Gasteiger partial charge in [-0.3, -0.25) is 0 Å². The van der Waals surface area contributed by atoms with Crippen molar-refractivity contribution in [3.05, 3.63) is 26.7 Å². The van der Waals surface area contributed by atoms with Crippen LogP contribution in [0.25, 0.3) is 0 Å². The molecule has 1 nitrogen and oxygen atoms in total. The molecule has 0 radical (unpaired) electrons. The molecule has 1 heterocycles. The molecule has 0 unspecified atom stereocenters. The Morgan fingerprint density at radius 3 is 2.60 bits per heavy atom. The van der Waals surface area contributed by atoms with Gasteiger partial charge in [-0.05, 0) is 38.8 Å². The summed E-state index contributed by atoms with van der Waals surface area (Å²) in [6, 6.07) is 0. The monoisotopic (exact) mass is 267 g/mol. The number of nitrogens with zero attached hydrogens (tertiary/aromatic N) is 1. The summed E-state index contributed by atoms with van der Waals surface area (Å²) in [4.78, 5) is 3.73. The molecule has 0 atom stereocenters. The smallest absolute Gasteiger partial charge is 0.159 e. The van der Waals surface area contributed by atoms with E-state index in [2.05, 4.69) is 36.8 Å². The summed E-state index contributed by atoms with van der Waals surface area (Å²) in [5.41, 5.74) is 0.571. The summed E-state index contributed by atoms with van der Waals surface area (Å²) in [6.07, 6.45) is 1.56. The summed E-state index contributed by atoms with van der Waals surface area (Å²) in [5, 5.41) is 0. The van der Waals surface area contributed by atoms with Crippen molar-refractivity contribution in [1.29, 1.82) is 0 Å². The lowest BCUT2D eigenvalue weighted by molar-refractivity contribution is 0.602. The van der Waals surface area contributed by atoms with Crippen molar-refractivity contribution in [3.8, 4) is 0 Å². The lowest BCUT2D eigenvalue weighted by Gasteiger charge is -1.98. The van der Waals surface area contributed by atoms with Crippen molar-refractivity contribution in [2.75, 3.05) is 0 Å². The normalized spacial score (nSPS) is 10.0. The first-order valence-electron chi connectivity index (χ1n) is 2.59. The van der Waals surface area contributed by atoms with Crippen LogP contribution >= 0.6 is 31.9 Å². The van der Waals surface area contributed by atoms with Gasteiger partial charge in [0, 0.05) is 16.2 Å². The van der Waals surface area contributed by atoms with Crippen molar-refractivity contribution >= 4 is 31.9 Å². The highest BCUT2D eigenvalue weighted by atomic mass is 79.9. The minimum atomic E-state index is -0.311. The maximum atomic E-state index is 12.9. The molecule has 0 aliphatic rings. The predicted molar refractivity (Wildman–Crippen MR) is 44.3 cm³/mol. The van der Waals surface area contributed by atoms with E-state index in [1.807, 2.05) is 0 Å². The number of pyridine rings is 1.